The van der Waals surface area contributed by atoms with E-state index >= 15 is 0 Å². The Kier molecular flexibility index (Phi) is 6.21. The molecule has 0 radical (unpaired) electrons. The summed E-state index contributed by atoms with van der Waals surface area (Å²) in [7, 11) is -4.41. The van der Waals surface area contributed by atoms with Crippen molar-refractivity contribution in [2.45, 2.75) is 6.10 Å². The van der Waals surface area contributed by atoms with Crippen molar-refractivity contribution in [1.29, 1.82) is 0 Å². The molecule has 2 rings (SSSR count). The maximum absolute atomic E-state index is 13.6. The molecule has 1 aliphatic heterocycles. The first-order valence-corrected chi connectivity index (χ1v) is 8.77. The second kappa shape index (κ2) is 7.97. The second-order valence-corrected chi connectivity index (χ2v) is 6.81. The number of nitrogens with zero attached hydrogens (tertiary/aromatic N) is 1. The fourth-order valence-electron chi connectivity index (χ4n) is 2.30. The van der Waals surface area contributed by atoms with Crippen LogP contribution in [0.15, 0.2) is 18.2 Å². The number of hydrogen-bond donors (Lipinski definition) is 1. The maximum atomic E-state index is 13.6. The Balaban J connectivity index is 2.09. The quantitative estimate of drug-likeness (QED) is 0.586. The van der Waals surface area contributed by atoms with Gasteiger partial charge in [0.05, 0.1) is 18.8 Å². The standard InChI is InChI=1S/C14H17F2NO6S/c15-10-1-2-12(13(16)7-10)14(18)23-11(9-24(19,20)21)8-17-3-5-22-6-4-17/h1-2,7,11H,3-6,8-9H2,(H,19,20,21). The highest BCUT2D eigenvalue weighted by Gasteiger charge is 2.26. The van der Waals surface area contributed by atoms with Crippen LogP contribution in [0.25, 0.3) is 0 Å². The summed E-state index contributed by atoms with van der Waals surface area (Å²) >= 11 is 0. The number of benzene rings is 1. The van der Waals surface area contributed by atoms with Crippen LogP contribution in [0.3, 0.4) is 0 Å². The van der Waals surface area contributed by atoms with E-state index in [2.05, 4.69) is 0 Å². The molecule has 1 aromatic rings. The van der Waals surface area contributed by atoms with Gasteiger partial charge in [-0.15, -0.1) is 0 Å². The van der Waals surface area contributed by atoms with E-state index in [4.69, 9.17) is 14.0 Å². The molecule has 0 amide bonds. The molecular formula is C14H17F2NO6S. The maximum Gasteiger partial charge on any atom is 0.341 e. The summed E-state index contributed by atoms with van der Waals surface area (Å²) in [5.74, 6) is -3.92. The van der Waals surface area contributed by atoms with Gasteiger partial charge in [-0.3, -0.25) is 9.45 Å². The Morgan fingerprint density at radius 1 is 1.33 bits per heavy atom. The van der Waals surface area contributed by atoms with E-state index in [-0.39, 0.29) is 6.54 Å². The van der Waals surface area contributed by atoms with Gasteiger partial charge in [-0.25, -0.2) is 13.6 Å². The van der Waals surface area contributed by atoms with Gasteiger partial charge in [0.15, 0.2) is 0 Å². The highest BCUT2D eigenvalue weighted by Crippen LogP contribution is 2.13. The Morgan fingerprint density at radius 3 is 2.58 bits per heavy atom. The summed E-state index contributed by atoms with van der Waals surface area (Å²) in [6, 6.07) is 2.32. The Hall–Kier alpha value is -1.62. The van der Waals surface area contributed by atoms with Crippen LogP contribution in [0, 0.1) is 11.6 Å². The van der Waals surface area contributed by atoms with Gasteiger partial charge >= 0.3 is 5.97 Å². The fraction of sp³-hybridized carbons (Fsp3) is 0.500. The Labute approximate surface area is 137 Å². The topological polar surface area (TPSA) is 93.1 Å². The van der Waals surface area contributed by atoms with E-state index < -0.39 is 45.1 Å². The van der Waals surface area contributed by atoms with Gasteiger partial charge in [0.25, 0.3) is 10.1 Å². The van der Waals surface area contributed by atoms with Crippen molar-refractivity contribution in [3.8, 4) is 0 Å². The molecule has 1 atom stereocenters. The van der Waals surface area contributed by atoms with Crippen molar-refractivity contribution < 1.29 is 36.0 Å². The monoisotopic (exact) mass is 365 g/mol. The summed E-state index contributed by atoms with van der Waals surface area (Å²) in [6.45, 7) is 1.94. The molecule has 7 nitrogen and oxygen atoms in total. The third-order valence-electron chi connectivity index (χ3n) is 3.39. The van der Waals surface area contributed by atoms with Gasteiger partial charge in [0, 0.05) is 25.7 Å². The first-order valence-electron chi connectivity index (χ1n) is 7.16. The van der Waals surface area contributed by atoms with Crippen molar-refractivity contribution >= 4 is 16.1 Å². The lowest BCUT2D eigenvalue weighted by atomic mass is 10.2. The molecule has 1 saturated heterocycles. The first kappa shape index (κ1) is 18.7. The lowest BCUT2D eigenvalue weighted by Gasteiger charge is -2.29. The molecule has 10 heteroatoms. The third-order valence-corrected chi connectivity index (χ3v) is 4.18. The van der Waals surface area contributed by atoms with Gasteiger partial charge in [-0.05, 0) is 12.1 Å². The van der Waals surface area contributed by atoms with Crippen LogP contribution in [0.1, 0.15) is 10.4 Å². The third kappa shape index (κ3) is 5.78. The molecule has 1 unspecified atom stereocenters. The molecule has 0 saturated carbocycles. The summed E-state index contributed by atoms with van der Waals surface area (Å²) in [6.07, 6.45) is -1.20. The van der Waals surface area contributed by atoms with Crippen LogP contribution in [0.4, 0.5) is 8.78 Å². The van der Waals surface area contributed by atoms with Gasteiger partial charge < -0.3 is 9.47 Å². The molecule has 0 aromatic heterocycles. The lowest BCUT2D eigenvalue weighted by molar-refractivity contribution is 0.000721. The zero-order valence-electron chi connectivity index (χ0n) is 12.7. The number of ether oxygens (including phenoxy) is 2. The minimum atomic E-state index is -4.41. The van der Waals surface area contributed by atoms with E-state index in [1.807, 2.05) is 0 Å². The van der Waals surface area contributed by atoms with Crippen LogP contribution < -0.4 is 0 Å². The normalized spacial score (nSPS) is 17.5. The van der Waals surface area contributed by atoms with E-state index in [0.717, 1.165) is 12.1 Å². The average molecular weight is 365 g/mol. The molecule has 1 N–H and O–H groups in total. The predicted molar refractivity (Wildman–Crippen MR) is 79.2 cm³/mol. The van der Waals surface area contributed by atoms with Crippen molar-refractivity contribution in [3.05, 3.63) is 35.4 Å². The molecule has 1 heterocycles. The molecular weight excluding hydrogens is 348 g/mol. The second-order valence-electron chi connectivity index (χ2n) is 5.31. The smallest absolute Gasteiger partial charge is 0.341 e. The van der Waals surface area contributed by atoms with Crippen molar-refractivity contribution in [2.24, 2.45) is 0 Å². The lowest BCUT2D eigenvalue weighted by Crippen LogP contribution is -2.44. The van der Waals surface area contributed by atoms with Crippen molar-refractivity contribution in [3.63, 3.8) is 0 Å². The van der Waals surface area contributed by atoms with E-state index in [9.17, 15) is 22.0 Å². The number of rotatable bonds is 6. The SMILES string of the molecule is O=C(OC(CN1CCOCC1)CS(=O)(=O)O)c1ccc(F)cc1F. The van der Waals surface area contributed by atoms with Crippen LogP contribution >= 0.6 is 0 Å². The number of carbonyl (C=O) groups excluding carboxylic acids is 1. The zero-order valence-corrected chi connectivity index (χ0v) is 13.5. The minimum absolute atomic E-state index is 0.0394. The van der Waals surface area contributed by atoms with Gasteiger partial charge in [0.2, 0.25) is 0 Å². The van der Waals surface area contributed by atoms with Crippen molar-refractivity contribution in [2.75, 3.05) is 38.6 Å². The molecule has 1 aromatic carbocycles. The molecule has 1 fully saturated rings. The molecule has 1 aliphatic rings. The van der Waals surface area contributed by atoms with E-state index in [1.165, 1.54) is 0 Å². The number of halogens is 2. The van der Waals surface area contributed by atoms with Crippen LogP contribution in [0.5, 0.6) is 0 Å². The predicted octanol–water partition coefficient (Wildman–Crippen LogP) is 0.710. The van der Waals surface area contributed by atoms with Gasteiger partial charge in [-0.1, -0.05) is 0 Å². The van der Waals surface area contributed by atoms with Crippen molar-refractivity contribution in [1.82, 2.24) is 4.90 Å². The van der Waals surface area contributed by atoms with Crippen LogP contribution in [-0.2, 0) is 19.6 Å². The average Bonchev–Trinajstić information content (AvgIpc) is 2.46. The molecule has 0 bridgehead atoms. The summed E-state index contributed by atoms with van der Waals surface area (Å²) in [4.78, 5) is 13.8. The molecule has 24 heavy (non-hydrogen) atoms. The summed E-state index contributed by atoms with van der Waals surface area (Å²) in [5.41, 5.74) is -0.515. The number of hydrogen-bond acceptors (Lipinski definition) is 6. The number of carbonyl (C=O) groups is 1. The van der Waals surface area contributed by atoms with Crippen LogP contribution in [-0.4, -0.2) is 68.5 Å². The zero-order chi connectivity index (χ0) is 17.7. The first-order chi connectivity index (χ1) is 11.2. The van der Waals surface area contributed by atoms with Gasteiger partial charge in [0.1, 0.15) is 23.5 Å². The highest BCUT2D eigenvalue weighted by molar-refractivity contribution is 7.85. The Bertz CT molecular complexity index is 691. The van der Waals surface area contributed by atoms with E-state index in [0.29, 0.717) is 32.4 Å². The molecule has 0 spiro atoms. The number of esters is 1. The largest absolute Gasteiger partial charge is 0.456 e. The van der Waals surface area contributed by atoms with Gasteiger partial charge in [-0.2, -0.15) is 8.42 Å². The van der Waals surface area contributed by atoms with E-state index in [1.54, 1.807) is 4.90 Å². The number of morpholine rings is 1. The fourth-order valence-corrected chi connectivity index (χ4v) is 2.94. The minimum Gasteiger partial charge on any atom is -0.456 e. The molecule has 0 aliphatic carbocycles. The summed E-state index contributed by atoms with van der Waals surface area (Å²) in [5, 5.41) is 0. The summed E-state index contributed by atoms with van der Waals surface area (Å²) < 4.78 is 67.9. The molecule has 134 valence electrons. The van der Waals surface area contributed by atoms with Crippen LogP contribution in [0.2, 0.25) is 0 Å². The highest BCUT2D eigenvalue weighted by atomic mass is 32.2. The Morgan fingerprint density at radius 2 is 2.00 bits per heavy atom.